The number of aromatic nitrogens is 1. The minimum absolute atomic E-state index is 0.0510. The van der Waals surface area contributed by atoms with E-state index in [-0.39, 0.29) is 24.3 Å². The van der Waals surface area contributed by atoms with E-state index in [9.17, 15) is 14.4 Å². The predicted molar refractivity (Wildman–Crippen MR) is 105 cm³/mol. The summed E-state index contributed by atoms with van der Waals surface area (Å²) in [6.07, 6.45) is -0.946. The first kappa shape index (κ1) is 23.9. The second-order valence-electron chi connectivity index (χ2n) is 7.62. The van der Waals surface area contributed by atoms with Crippen LogP contribution in [-0.4, -0.2) is 41.3 Å². The van der Waals surface area contributed by atoms with Gasteiger partial charge in [0.1, 0.15) is 10.6 Å². The van der Waals surface area contributed by atoms with Crippen LogP contribution in [0.3, 0.4) is 0 Å². The Morgan fingerprint density at radius 3 is 2.39 bits per heavy atom. The molecule has 0 aromatic carbocycles. The van der Waals surface area contributed by atoms with Crippen molar-refractivity contribution in [3.8, 4) is 0 Å². The number of amides is 1. The molecule has 1 N–H and O–H groups in total. The lowest BCUT2D eigenvalue weighted by Crippen LogP contribution is -2.42. The van der Waals surface area contributed by atoms with Gasteiger partial charge in [-0.1, -0.05) is 13.8 Å². The molecule has 0 bridgehead atoms. The summed E-state index contributed by atoms with van der Waals surface area (Å²) in [4.78, 5) is 39.9. The number of nitrogens with one attached hydrogen (secondary N) is 1. The molecule has 0 unspecified atom stereocenters. The average Bonchev–Trinajstić information content (AvgIpc) is 3.01. The summed E-state index contributed by atoms with van der Waals surface area (Å²) in [5, 5.41) is 4.86. The molecule has 0 radical (unpaired) electrons. The highest BCUT2D eigenvalue weighted by Gasteiger charge is 2.29. The van der Waals surface area contributed by atoms with Gasteiger partial charge >= 0.3 is 18.0 Å². The highest BCUT2D eigenvalue weighted by molar-refractivity contribution is 7.09. The van der Waals surface area contributed by atoms with E-state index in [4.69, 9.17) is 14.2 Å². The van der Waals surface area contributed by atoms with Crippen molar-refractivity contribution in [3.05, 3.63) is 16.1 Å². The van der Waals surface area contributed by atoms with Crippen molar-refractivity contribution in [1.29, 1.82) is 0 Å². The van der Waals surface area contributed by atoms with Crippen molar-refractivity contribution in [2.75, 3.05) is 6.61 Å². The third-order valence-electron chi connectivity index (χ3n) is 3.57. The maximum absolute atomic E-state index is 12.2. The van der Waals surface area contributed by atoms with Gasteiger partial charge in [0.25, 0.3) is 0 Å². The van der Waals surface area contributed by atoms with E-state index in [0.29, 0.717) is 11.4 Å². The zero-order chi connectivity index (χ0) is 21.5. The predicted octanol–water partition coefficient (Wildman–Crippen LogP) is 3.86. The van der Waals surface area contributed by atoms with Crippen LogP contribution in [0.15, 0.2) is 5.38 Å². The van der Waals surface area contributed by atoms with Crippen LogP contribution in [0.25, 0.3) is 0 Å². The number of ether oxygens (including phenoxy) is 3. The molecule has 0 aliphatic rings. The number of rotatable bonds is 8. The zero-order valence-corrected chi connectivity index (χ0v) is 18.3. The van der Waals surface area contributed by atoms with Gasteiger partial charge in [0.05, 0.1) is 6.61 Å². The number of carbonyl (C=O) groups is 3. The van der Waals surface area contributed by atoms with E-state index in [1.54, 1.807) is 33.1 Å². The number of carbonyl (C=O) groups excluding carboxylic acids is 3. The number of alkyl carbamates (subject to hydrolysis) is 1. The topological polar surface area (TPSA) is 104 Å². The monoisotopic (exact) mass is 414 g/mol. The average molecular weight is 415 g/mol. The van der Waals surface area contributed by atoms with Crippen LogP contribution in [0.4, 0.5) is 4.79 Å². The second kappa shape index (κ2) is 10.4. The zero-order valence-electron chi connectivity index (χ0n) is 17.5. The van der Waals surface area contributed by atoms with Gasteiger partial charge in [-0.15, -0.1) is 11.3 Å². The molecule has 28 heavy (non-hydrogen) atoms. The summed E-state index contributed by atoms with van der Waals surface area (Å²) in [6.45, 7) is 12.5. The molecule has 2 atom stereocenters. The minimum Gasteiger partial charge on any atom is -0.461 e. The lowest BCUT2D eigenvalue weighted by Gasteiger charge is -2.28. The molecule has 0 aliphatic carbocycles. The Balaban J connectivity index is 2.97. The van der Waals surface area contributed by atoms with Crippen LogP contribution in [0.2, 0.25) is 0 Å². The summed E-state index contributed by atoms with van der Waals surface area (Å²) >= 11 is 1.20. The van der Waals surface area contributed by atoms with E-state index in [2.05, 4.69) is 10.3 Å². The van der Waals surface area contributed by atoms with Crippen molar-refractivity contribution >= 4 is 29.4 Å². The van der Waals surface area contributed by atoms with Gasteiger partial charge in [0.15, 0.2) is 11.8 Å². The van der Waals surface area contributed by atoms with Crippen LogP contribution in [0.5, 0.6) is 0 Å². The summed E-state index contributed by atoms with van der Waals surface area (Å²) < 4.78 is 15.7. The standard InChI is InChI=1S/C19H30N2O6S/c1-8-25-17(23)14-10-28-16(20-14)15(26-12(4)22)9-13(11(2)3)21-18(24)27-19(5,6)7/h10-11,13,15H,8-9H2,1-7H3,(H,21,24)/t13-,15-/m1/s1. The second-order valence-corrected chi connectivity index (χ2v) is 8.51. The van der Waals surface area contributed by atoms with Crippen molar-refractivity contribution in [2.45, 2.75) is 72.6 Å². The lowest BCUT2D eigenvalue weighted by molar-refractivity contribution is -0.147. The van der Waals surface area contributed by atoms with Gasteiger partial charge in [-0.3, -0.25) is 4.79 Å². The smallest absolute Gasteiger partial charge is 0.407 e. The van der Waals surface area contributed by atoms with Gasteiger partial charge in [0, 0.05) is 24.8 Å². The first-order valence-corrected chi connectivity index (χ1v) is 10.1. The van der Waals surface area contributed by atoms with Crippen molar-refractivity contribution < 1.29 is 28.6 Å². The fraction of sp³-hybridized carbons (Fsp3) is 0.684. The van der Waals surface area contributed by atoms with Crippen LogP contribution >= 0.6 is 11.3 Å². The number of nitrogens with zero attached hydrogens (tertiary/aromatic N) is 1. The maximum atomic E-state index is 12.2. The molecule has 8 nitrogen and oxygen atoms in total. The largest absolute Gasteiger partial charge is 0.461 e. The molecule has 0 saturated heterocycles. The van der Waals surface area contributed by atoms with Crippen LogP contribution < -0.4 is 5.32 Å². The first-order valence-electron chi connectivity index (χ1n) is 9.22. The van der Waals surface area contributed by atoms with Gasteiger partial charge < -0.3 is 19.5 Å². The van der Waals surface area contributed by atoms with E-state index in [1.807, 2.05) is 13.8 Å². The van der Waals surface area contributed by atoms with Gasteiger partial charge in [-0.05, 0) is 33.6 Å². The molecule has 0 fully saturated rings. The molecule has 1 heterocycles. The molecule has 1 rings (SSSR count). The van der Waals surface area contributed by atoms with Crippen LogP contribution in [0, 0.1) is 5.92 Å². The highest BCUT2D eigenvalue weighted by Crippen LogP contribution is 2.28. The fourth-order valence-corrected chi connectivity index (χ4v) is 3.15. The van der Waals surface area contributed by atoms with Crippen molar-refractivity contribution in [2.24, 2.45) is 5.92 Å². The van der Waals surface area contributed by atoms with Gasteiger partial charge in [0.2, 0.25) is 0 Å². The fourth-order valence-electron chi connectivity index (χ4n) is 2.32. The van der Waals surface area contributed by atoms with E-state index in [0.717, 1.165) is 0 Å². The summed E-state index contributed by atoms with van der Waals surface area (Å²) in [5.74, 6) is -0.952. The number of esters is 2. The van der Waals surface area contributed by atoms with Crippen molar-refractivity contribution in [3.63, 3.8) is 0 Å². The highest BCUT2D eigenvalue weighted by atomic mass is 32.1. The normalized spacial score (nSPS) is 13.6. The van der Waals surface area contributed by atoms with E-state index < -0.39 is 29.7 Å². The number of hydrogen-bond donors (Lipinski definition) is 1. The Hall–Kier alpha value is -2.16. The summed E-state index contributed by atoms with van der Waals surface area (Å²) in [6, 6.07) is -0.325. The number of hydrogen-bond acceptors (Lipinski definition) is 8. The molecule has 0 aliphatic heterocycles. The van der Waals surface area contributed by atoms with Gasteiger partial charge in [-0.2, -0.15) is 0 Å². The Labute approximate surface area is 170 Å². The summed E-state index contributed by atoms with van der Waals surface area (Å²) in [7, 11) is 0. The third kappa shape index (κ3) is 8.24. The molecule has 0 saturated carbocycles. The Kier molecular flexibility index (Phi) is 8.87. The molecule has 1 amide bonds. The third-order valence-corrected chi connectivity index (χ3v) is 4.50. The molecule has 1 aromatic rings. The van der Waals surface area contributed by atoms with E-state index >= 15 is 0 Å². The SMILES string of the molecule is CCOC(=O)c1csc([C@@H](C[C@@H](NC(=O)OC(C)(C)C)C(C)C)OC(C)=O)n1. The lowest BCUT2D eigenvalue weighted by atomic mass is 9.98. The van der Waals surface area contributed by atoms with Crippen molar-refractivity contribution in [1.82, 2.24) is 10.3 Å². The summed E-state index contributed by atoms with van der Waals surface area (Å²) in [5.41, 5.74) is -0.453. The Bertz CT molecular complexity index is 680. The molecule has 0 spiro atoms. The quantitative estimate of drug-likeness (QED) is 0.509. The number of thiazole rings is 1. The Morgan fingerprint density at radius 2 is 1.89 bits per heavy atom. The minimum atomic E-state index is -0.701. The van der Waals surface area contributed by atoms with Gasteiger partial charge in [-0.25, -0.2) is 14.6 Å². The van der Waals surface area contributed by atoms with Crippen LogP contribution in [0.1, 0.15) is 76.5 Å². The molecule has 1 aromatic heterocycles. The Morgan fingerprint density at radius 1 is 1.25 bits per heavy atom. The molecule has 158 valence electrons. The molecular weight excluding hydrogens is 384 g/mol. The first-order chi connectivity index (χ1) is 12.9. The molecular formula is C19H30N2O6S. The van der Waals surface area contributed by atoms with E-state index in [1.165, 1.54) is 18.3 Å². The maximum Gasteiger partial charge on any atom is 0.407 e. The molecule has 9 heteroatoms. The van der Waals surface area contributed by atoms with Crippen LogP contribution in [-0.2, 0) is 19.0 Å².